The zero-order valence-electron chi connectivity index (χ0n) is 14.0. The van der Waals surface area contributed by atoms with Crippen molar-refractivity contribution in [3.63, 3.8) is 0 Å². The summed E-state index contributed by atoms with van der Waals surface area (Å²) in [5, 5.41) is 0.0101. The second kappa shape index (κ2) is 5.37. The lowest BCUT2D eigenvalue weighted by Crippen LogP contribution is -2.14. The third-order valence-electron chi connectivity index (χ3n) is 4.77. The maximum Gasteiger partial charge on any atom is 0.283 e. The number of sulfonamides is 1. The number of ether oxygens (including phenoxy) is 2. The van der Waals surface area contributed by atoms with Crippen LogP contribution in [0.2, 0.25) is 0 Å². The van der Waals surface area contributed by atoms with Crippen molar-refractivity contribution in [2.45, 2.75) is 37.3 Å². The Kier molecular flexibility index (Phi) is 3.20. The normalized spacial score (nSPS) is 18.9. The van der Waals surface area contributed by atoms with E-state index in [9.17, 15) is 8.42 Å². The molecule has 0 bridgehead atoms. The molecule has 2 aliphatic heterocycles. The fourth-order valence-electron chi connectivity index (χ4n) is 3.43. The summed E-state index contributed by atoms with van der Waals surface area (Å²) in [7, 11) is -3.83. The quantitative estimate of drug-likeness (QED) is 0.726. The van der Waals surface area contributed by atoms with Gasteiger partial charge < -0.3 is 19.0 Å². The maximum absolute atomic E-state index is 12.7. The second-order valence-electron chi connectivity index (χ2n) is 6.56. The van der Waals surface area contributed by atoms with E-state index in [0.717, 1.165) is 25.1 Å². The first kappa shape index (κ1) is 15.5. The smallest absolute Gasteiger partial charge is 0.283 e. The van der Waals surface area contributed by atoms with Crippen LogP contribution in [0.3, 0.4) is 0 Å². The maximum atomic E-state index is 12.7. The molecule has 2 aliphatic rings. The summed E-state index contributed by atoms with van der Waals surface area (Å²) in [6.45, 7) is 2.24. The predicted molar refractivity (Wildman–Crippen MR) is 92.9 cm³/mol. The minimum atomic E-state index is -3.83. The van der Waals surface area contributed by atoms with E-state index >= 15 is 0 Å². The van der Waals surface area contributed by atoms with Crippen molar-refractivity contribution < 1.29 is 17.9 Å². The molecule has 136 valence electrons. The van der Waals surface area contributed by atoms with Crippen LogP contribution in [0.25, 0.3) is 11.0 Å². The molecular formula is C16H17N5O4S. The molecule has 0 fully saturated rings. The van der Waals surface area contributed by atoms with Crippen LogP contribution in [0.5, 0.6) is 11.5 Å². The summed E-state index contributed by atoms with van der Waals surface area (Å²) >= 11 is 0. The van der Waals surface area contributed by atoms with Crippen molar-refractivity contribution in [1.29, 1.82) is 0 Å². The first-order valence-electron chi connectivity index (χ1n) is 8.39. The second-order valence-corrected chi connectivity index (χ2v) is 8.19. The highest BCUT2D eigenvalue weighted by molar-refractivity contribution is 7.92. The lowest BCUT2D eigenvalue weighted by atomic mass is 10.1. The number of nitrogens with zero attached hydrogens (tertiary/aromatic N) is 3. The van der Waals surface area contributed by atoms with Gasteiger partial charge in [0.2, 0.25) is 12.7 Å². The van der Waals surface area contributed by atoms with Crippen LogP contribution in [0.1, 0.15) is 31.6 Å². The minimum absolute atomic E-state index is 0.0101. The molecule has 1 atom stereocenters. The van der Waals surface area contributed by atoms with Crippen LogP contribution in [0, 0.1) is 0 Å². The number of hydrogen-bond donors (Lipinski definition) is 2. The fraction of sp³-hybridized carbons (Fsp3) is 0.375. The molecule has 26 heavy (non-hydrogen) atoms. The molecule has 0 radical (unpaired) electrons. The summed E-state index contributed by atoms with van der Waals surface area (Å²) in [6.07, 6.45) is 4.43. The average molecular weight is 375 g/mol. The molecule has 1 unspecified atom stereocenters. The lowest BCUT2D eigenvalue weighted by Gasteiger charge is -2.20. The van der Waals surface area contributed by atoms with E-state index in [0.29, 0.717) is 22.5 Å². The van der Waals surface area contributed by atoms with E-state index in [1.54, 1.807) is 18.3 Å². The monoisotopic (exact) mass is 375 g/mol. The number of hydrogen-bond acceptors (Lipinski definition) is 6. The van der Waals surface area contributed by atoms with Gasteiger partial charge in [0.1, 0.15) is 5.82 Å². The van der Waals surface area contributed by atoms with Gasteiger partial charge in [-0.1, -0.05) is 0 Å². The zero-order valence-corrected chi connectivity index (χ0v) is 14.8. The number of aryl methyl sites for hydroxylation is 1. The molecule has 0 amide bonds. The number of nitrogens with one attached hydrogen (secondary N) is 2. The molecule has 2 N–H and O–H groups in total. The molecule has 0 spiro atoms. The molecule has 1 aromatic carbocycles. The van der Waals surface area contributed by atoms with Gasteiger partial charge >= 0.3 is 0 Å². The Bertz CT molecular complexity index is 1080. The van der Waals surface area contributed by atoms with Crippen molar-refractivity contribution in [2.75, 3.05) is 11.5 Å². The van der Waals surface area contributed by atoms with Crippen molar-refractivity contribution in [1.82, 2.24) is 19.5 Å². The van der Waals surface area contributed by atoms with Crippen LogP contribution >= 0.6 is 0 Å². The molecule has 0 saturated heterocycles. The SMILES string of the molecule is CC1CCCc2nc(S(=O)(=O)Nc3nc4cc5c(cc4[nH]3)OCO5)cn21. The summed E-state index contributed by atoms with van der Waals surface area (Å²) in [5.41, 5.74) is 1.24. The largest absolute Gasteiger partial charge is 0.454 e. The third-order valence-corrected chi connectivity index (χ3v) is 5.98. The van der Waals surface area contributed by atoms with Crippen molar-refractivity contribution in [3.8, 4) is 11.5 Å². The van der Waals surface area contributed by atoms with E-state index in [1.165, 1.54) is 0 Å². The van der Waals surface area contributed by atoms with Gasteiger partial charge in [0.15, 0.2) is 16.5 Å². The molecule has 4 heterocycles. The number of anilines is 1. The Hall–Kier alpha value is -2.75. The first-order valence-corrected chi connectivity index (χ1v) is 9.88. The van der Waals surface area contributed by atoms with Gasteiger partial charge in [-0.25, -0.2) is 14.7 Å². The zero-order chi connectivity index (χ0) is 17.9. The Morgan fingerprint density at radius 2 is 2.08 bits per heavy atom. The number of H-pyrrole nitrogens is 1. The Labute approximate surface area is 149 Å². The van der Waals surface area contributed by atoms with Crippen LogP contribution in [0.4, 0.5) is 5.95 Å². The summed E-state index contributed by atoms with van der Waals surface area (Å²) in [6, 6.07) is 3.70. The average Bonchev–Trinajstić information content (AvgIpc) is 3.29. The molecule has 0 aliphatic carbocycles. The van der Waals surface area contributed by atoms with Gasteiger partial charge in [-0.3, -0.25) is 0 Å². The van der Waals surface area contributed by atoms with Crippen LogP contribution in [-0.2, 0) is 16.4 Å². The lowest BCUT2D eigenvalue weighted by molar-refractivity contribution is 0.174. The predicted octanol–water partition coefficient (Wildman–Crippen LogP) is 2.19. The molecule has 3 aromatic rings. The summed E-state index contributed by atoms with van der Waals surface area (Å²) in [5.74, 6) is 2.13. The van der Waals surface area contributed by atoms with Crippen molar-refractivity contribution in [3.05, 3.63) is 24.2 Å². The van der Waals surface area contributed by atoms with Crippen LogP contribution < -0.4 is 14.2 Å². The Balaban J connectivity index is 1.47. The van der Waals surface area contributed by atoms with Gasteiger partial charge in [-0.15, -0.1) is 0 Å². The van der Waals surface area contributed by atoms with Crippen molar-refractivity contribution >= 4 is 27.0 Å². The van der Waals surface area contributed by atoms with Crippen LogP contribution in [0.15, 0.2) is 23.4 Å². The van der Waals surface area contributed by atoms with Gasteiger partial charge in [-0.05, 0) is 19.8 Å². The van der Waals surface area contributed by atoms with E-state index in [1.807, 2.05) is 4.57 Å². The van der Waals surface area contributed by atoms with Gasteiger partial charge in [0.05, 0.1) is 11.0 Å². The molecule has 9 nitrogen and oxygen atoms in total. The molecular weight excluding hydrogens is 358 g/mol. The Morgan fingerprint density at radius 3 is 2.88 bits per heavy atom. The topological polar surface area (TPSA) is 111 Å². The van der Waals surface area contributed by atoms with E-state index in [2.05, 4.69) is 26.6 Å². The van der Waals surface area contributed by atoms with Gasteiger partial charge in [-0.2, -0.15) is 8.42 Å². The van der Waals surface area contributed by atoms with Crippen molar-refractivity contribution in [2.24, 2.45) is 0 Å². The van der Waals surface area contributed by atoms with Gasteiger partial charge in [0, 0.05) is 30.8 Å². The highest BCUT2D eigenvalue weighted by Crippen LogP contribution is 2.35. The molecule has 0 saturated carbocycles. The van der Waals surface area contributed by atoms with E-state index in [4.69, 9.17) is 9.47 Å². The number of imidazole rings is 2. The minimum Gasteiger partial charge on any atom is -0.454 e. The molecule has 5 rings (SSSR count). The van der Waals surface area contributed by atoms with Gasteiger partial charge in [0.25, 0.3) is 10.0 Å². The number of aromatic amines is 1. The number of benzene rings is 1. The van der Waals surface area contributed by atoms with E-state index < -0.39 is 10.0 Å². The Morgan fingerprint density at radius 1 is 1.27 bits per heavy atom. The number of fused-ring (bicyclic) bond motifs is 3. The van der Waals surface area contributed by atoms with E-state index in [-0.39, 0.29) is 23.8 Å². The molecule has 2 aromatic heterocycles. The number of rotatable bonds is 3. The highest BCUT2D eigenvalue weighted by atomic mass is 32.2. The standard InChI is InChI=1S/C16H17N5O4S/c1-9-3-2-4-14-19-15(7-21(9)14)26(22,23)20-16-17-10-5-12-13(25-8-24-12)6-11(10)18-16/h5-7,9H,2-4,8H2,1H3,(H2,17,18,20). The summed E-state index contributed by atoms with van der Waals surface area (Å²) < 4.78 is 40.5. The molecule has 10 heteroatoms. The first-order chi connectivity index (χ1) is 12.5. The summed E-state index contributed by atoms with van der Waals surface area (Å²) in [4.78, 5) is 11.5. The highest BCUT2D eigenvalue weighted by Gasteiger charge is 2.26. The number of aromatic nitrogens is 4. The third kappa shape index (κ3) is 2.40. The fourth-order valence-corrected chi connectivity index (χ4v) is 4.36. The van der Waals surface area contributed by atoms with Crippen LogP contribution in [-0.4, -0.2) is 34.7 Å².